The summed E-state index contributed by atoms with van der Waals surface area (Å²) in [5.74, 6) is 0.630. The van der Waals surface area contributed by atoms with Crippen molar-refractivity contribution in [3.63, 3.8) is 0 Å². The summed E-state index contributed by atoms with van der Waals surface area (Å²) in [5.41, 5.74) is 3.44. The number of methoxy groups -OCH3 is 1. The Morgan fingerprint density at radius 2 is 1.59 bits per heavy atom. The number of rotatable bonds is 6. The Labute approximate surface area is 186 Å². The zero-order chi connectivity index (χ0) is 22.3. The van der Waals surface area contributed by atoms with Gasteiger partial charge in [-0.1, -0.05) is 24.3 Å². The smallest absolute Gasteiger partial charge is 0.343 e. The first-order valence-corrected chi connectivity index (χ1v) is 9.99. The first kappa shape index (κ1) is 20.7. The van der Waals surface area contributed by atoms with Gasteiger partial charge in [0.15, 0.2) is 0 Å². The molecule has 156 valence electrons. The lowest BCUT2D eigenvalue weighted by atomic mass is 10.0. The summed E-state index contributed by atoms with van der Waals surface area (Å²) < 4.78 is 12.8. The highest BCUT2D eigenvalue weighted by Gasteiger charge is 2.10. The van der Waals surface area contributed by atoms with E-state index in [1.165, 1.54) is 0 Å². The van der Waals surface area contributed by atoms with E-state index in [9.17, 15) is 10.1 Å². The number of ether oxygens (including phenoxy) is 2. The molecule has 0 amide bonds. The Balaban J connectivity index is 1.47. The molecule has 1 heterocycles. The number of hydrogen-bond acceptors (Lipinski definition) is 4. The lowest BCUT2D eigenvalue weighted by Gasteiger charge is -2.08. The molecule has 0 bridgehead atoms. The Hall–Kier alpha value is -4.56. The topological polar surface area (TPSA) is 64.2 Å². The number of esters is 1. The number of carbonyl (C=O) groups excluding carboxylic acids is 1. The van der Waals surface area contributed by atoms with Crippen LogP contribution in [0.25, 0.3) is 17.3 Å². The second-order valence-corrected chi connectivity index (χ2v) is 6.97. The SMILES string of the molecule is COc1ccccc1/C(C#N)=C\c1ccc(OC(=O)c2ccc(-n3cccc3)cc2)cc1. The predicted octanol–water partition coefficient (Wildman–Crippen LogP) is 5.77. The molecule has 5 nitrogen and oxygen atoms in total. The minimum Gasteiger partial charge on any atom is -0.496 e. The van der Waals surface area contributed by atoms with Crippen molar-refractivity contribution in [1.82, 2.24) is 4.57 Å². The van der Waals surface area contributed by atoms with Crippen LogP contribution in [-0.2, 0) is 0 Å². The number of para-hydroxylation sites is 1. The van der Waals surface area contributed by atoms with Gasteiger partial charge in [0.2, 0.25) is 0 Å². The van der Waals surface area contributed by atoms with E-state index in [1.807, 2.05) is 65.5 Å². The monoisotopic (exact) mass is 420 g/mol. The van der Waals surface area contributed by atoms with Crippen molar-refractivity contribution in [3.8, 4) is 23.3 Å². The maximum atomic E-state index is 12.5. The van der Waals surface area contributed by atoms with E-state index < -0.39 is 5.97 Å². The number of benzene rings is 3. The first-order valence-electron chi connectivity index (χ1n) is 9.99. The van der Waals surface area contributed by atoms with Crippen LogP contribution < -0.4 is 9.47 Å². The van der Waals surface area contributed by atoms with E-state index in [4.69, 9.17) is 9.47 Å². The minimum atomic E-state index is -0.431. The van der Waals surface area contributed by atoms with Gasteiger partial charge in [-0.3, -0.25) is 0 Å². The summed E-state index contributed by atoms with van der Waals surface area (Å²) in [4.78, 5) is 12.5. The molecule has 0 aliphatic rings. The number of nitrogens with zero attached hydrogens (tertiary/aromatic N) is 2. The van der Waals surface area contributed by atoms with Gasteiger partial charge in [0, 0.05) is 23.6 Å². The fourth-order valence-electron chi connectivity index (χ4n) is 3.28. The molecule has 32 heavy (non-hydrogen) atoms. The molecule has 0 fully saturated rings. The molecule has 0 aliphatic carbocycles. The van der Waals surface area contributed by atoms with Gasteiger partial charge in [-0.15, -0.1) is 0 Å². The molecule has 0 N–H and O–H groups in total. The van der Waals surface area contributed by atoms with Gasteiger partial charge in [0.1, 0.15) is 11.5 Å². The molecule has 4 rings (SSSR count). The van der Waals surface area contributed by atoms with E-state index in [-0.39, 0.29) is 0 Å². The van der Waals surface area contributed by atoms with Gasteiger partial charge in [0.25, 0.3) is 0 Å². The fourth-order valence-corrected chi connectivity index (χ4v) is 3.28. The van der Waals surface area contributed by atoms with Gasteiger partial charge in [-0.2, -0.15) is 5.26 Å². The fraction of sp³-hybridized carbons (Fsp3) is 0.0370. The standard InChI is InChI=1S/C27H20N2O3/c1-31-26-7-3-2-6-25(26)22(19-28)18-20-8-14-24(15-9-20)32-27(30)21-10-12-23(13-11-21)29-16-4-5-17-29/h2-18H,1H3/b22-18-. The maximum absolute atomic E-state index is 12.5. The zero-order valence-electron chi connectivity index (χ0n) is 17.4. The van der Waals surface area contributed by atoms with E-state index in [0.717, 1.165) is 16.8 Å². The van der Waals surface area contributed by atoms with Crippen LogP contribution in [0.3, 0.4) is 0 Å². The molecule has 0 aliphatic heterocycles. The van der Waals surface area contributed by atoms with Crippen LogP contribution in [0.2, 0.25) is 0 Å². The molecule has 0 atom stereocenters. The Bertz CT molecular complexity index is 1280. The number of carbonyl (C=O) groups is 1. The molecule has 3 aromatic carbocycles. The normalized spacial score (nSPS) is 10.9. The molecule has 4 aromatic rings. The molecule has 1 aromatic heterocycles. The molecular formula is C27H20N2O3. The average Bonchev–Trinajstić information content (AvgIpc) is 3.39. The summed E-state index contributed by atoms with van der Waals surface area (Å²) in [6, 6.07) is 27.7. The summed E-state index contributed by atoms with van der Waals surface area (Å²) in [5, 5.41) is 9.60. The largest absolute Gasteiger partial charge is 0.496 e. The van der Waals surface area contributed by atoms with Crippen LogP contribution >= 0.6 is 0 Å². The molecule has 0 radical (unpaired) electrons. The van der Waals surface area contributed by atoms with Gasteiger partial charge in [0.05, 0.1) is 24.3 Å². The quantitative estimate of drug-likeness (QED) is 0.172. The second-order valence-electron chi connectivity index (χ2n) is 6.97. The highest BCUT2D eigenvalue weighted by Crippen LogP contribution is 2.27. The Morgan fingerprint density at radius 3 is 2.25 bits per heavy atom. The summed E-state index contributed by atoms with van der Waals surface area (Å²) >= 11 is 0. The van der Waals surface area contributed by atoms with Gasteiger partial charge >= 0.3 is 5.97 Å². The molecule has 5 heteroatoms. The third-order valence-corrected chi connectivity index (χ3v) is 4.92. The lowest BCUT2D eigenvalue weighted by molar-refractivity contribution is 0.0735. The van der Waals surface area contributed by atoms with Crippen LogP contribution in [0.4, 0.5) is 0 Å². The van der Waals surface area contributed by atoms with Crippen molar-refractivity contribution in [2.24, 2.45) is 0 Å². The lowest BCUT2D eigenvalue weighted by Crippen LogP contribution is -2.08. The number of allylic oxidation sites excluding steroid dienone is 1. The van der Waals surface area contributed by atoms with Crippen LogP contribution in [-0.4, -0.2) is 17.6 Å². The molecule has 0 unspecified atom stereocenters. The van der Waals surface area contributed by atoms with Crippen LogP contribution in [0.5, 0.6) is 11.5 Å². The highest BCUT2D eigenvalue weighted by atomic mass is 16.5. The predicted molar refractivity (Wildman–Crippen MR) is 124 cm³/mol. The average molecular weight is 420 g/mol. The Kier molecular flexibility index (Phi) is 6.15. The van der Waals surface area contributed by atoms with Crippen molar-refractivity contribution >= 4 is 17.6 Å². The highest BCUT2D eigenvalue weighted by molar-refractivity contribution is 5.92. The molecule has 0 saturated carbocycles. The molecular weight excluding hydrogens is 400 g/mol. The van der Waals surface area contributed by atoms with E-state index in [0.29, 0.717) is 22.6 Å². The van der Waals surface area contributed by atoms with Gasteiger partial charge in [-0.05, 0) is 72.3 Å². The second kappa shape index (κ2) is 9.50. The van der Waals surface area contributed by atoms with E-state index in [1.54, 1.807) is 49.6 Å². The summed E-state index contributed by atoms with van der Waals surface area (Å²) in [6.07, 6.45) is 5.65. The summed E-state index contributed by atoms with van der Waals surface area (Å²) in [6.45, 7) is 0. The van der Waals surface area contributed by atoms with Crippen LogP contribution in [0.1, 0.15) is 21.5 Å². The van der Waals surface area contributed by atoms with Crippen molar-refractivity contribution in [1.29, 1.82) is 5.26 Å². The maximum Gasteiger partial charge on any atom is 0.343 e. The number of hydrogen-bond donors (Lipinski definition) is 0. The zero-order valence-corrected chi connectivity index (χ0v) is 17.4. The van der Waals surface area contributed by atoms with Crippen molar-refractivity contribution < 1.29 is 14.3 Å². The van der Waals surface area contributed by atoms with Crippen LogP contribution in [0, 0.1) is 11.3 Å². The molecule has 0 saturated heterocycles. The third kappa shape index (κ3) is 4.61. The third-order valence-electron chi connectivity index (χ3n) is 4.92. The van der Waals surface area contributed by atoms with Crippen molar-refractivity contribution in [3.05, 3.63) is 114 Å². The number of aromatic nitrogens is 1. The van der Waals surface area contributed by atoms with Crippen molar-refractivity contribution in [2.45, 2.75) is 0 Å². The summed E-state index contributed by atoms with van der Waals surface area (Å²) in [7, 11) is 1.57. The minimum absolute atomic E-state index is 0.428. The first-order chi connectivity index (χ1) is 15.7. The number of nitriles is 1. The van der Waals surface area contributed by atoms with E-state index >= 15 is 0 Å². The van der Waals surface area contributed by atoms with E-state index in [2.05, 4.69) is 6.07 Å². The van der Waals surface area contributed by atoms with Gasteiger partial charge < -0.3 is 14.0 Å². The van der Waals surface area contributed by atoms with Crippen LogP contribution in [0.15, 0.2) is 97.3 Å². The molecule has 0 spiro atoms. The van der Waals surface area contributed by atoms with Gasteiger partial charge in [-0.25, -0.2) is 4.79 Å². The van der Waals surface area contributed by atoms with Crippen molar-refractivity contribution in [2.75, 3.05) is 7.11 Å². The Morgan fingerprint density at radius 1 is 0.906 bits per heavy atom.